The molecule has 0 spiro atoms. The van der Waals surface area contributed by atoms with Gasteiger partial charge in [0, 0.05) is 12.0 Å². The smallest absolute Gasteiger partial charge is 0.338 e. The number of carbonyl (C=O) groups is 1. The van der Waals surface area contributed by atoms with Gasteiger partial charge in [-0.1, -0.05) is 43.5 Å². The second-order valence-electron chi connectivity index (χ2n) is 6.38. The van der Waals surface area contributed by atoms with Crippen molar-refractivity contribution < 1.29 is 19.1 Å². The number of nitrogens with zero attached hydrogens (tertiary/aromatic N) is 1. The summed E-state index contributed by atoms with van der Waals surface area (Å²) in [5.41, 5.74) is 2.32. The molecule has 0 aliphatic heterocycles. The molecule has 120 valence electrons. The maximum atomic E-state index is 12.2. The second-order valence-corrected chi connectivity index (χ2v) is 6.38. The summed E-state index contributed by atoms with van der Waals surface area (Å²) in [6.07, 6.45) is 0.764. The van der Waals surface area contributed by atoms with E-state index in [0.717, 1.165) is 11.1 Å². The van der Waals surface area contributed by atoms with Crippen molar-refractivity contribution >= 4 is 12.0 Å². The van der Waals surface area contributed by atoms with Crippen molar-refractivity contribution in [2.75, 3.05) is 21.1 Å². The van der Waals surface area contributed by atoms with Gasteiger partial charge in [-0.25, -0.2) is 4.79 Å². The Bertz CT molecular complexity index is 556. The Morgan fingerprint density at radius 2 is 2.05 bits per heavy atom. The molecule has 2 unspecified atom stereocenters. The van der Waals surface area contributed by atoms with Crippen LogP contribution in [0.2, 0.25) is 0 Å². The van der Waals surface area contributed by atoms with Crippen molar-refractivity contribution in [1.29, 1.82) is 0 Å². The van der Waals surface area contributed by atoms with Crippen LogP contribution in [0.25, 0.3) is 6.08 Å². The Balaban J connectivity index is 2.76. The number of esters is 1. The number of aliphatic hydroxyl groups excluding tert-OH is 1. The monoisotopic (exact) mass is 304 g/mol. The Labute approximate surface area is 132 Å². The Morgan fingerprint density at radius 1 is 1.41 bits per heavy atom. The minimum Gasteiger partial charge on any atom is -0.406 e. The molecule has 0 saturated carbocycles. The number of carbonyl (C=O) groups excluding carboxylic acids is 1. The number of aliphatic hydroxyl groups is 1. The quantitative estimate of drug-likeness (QED) is 0.364. The first-order valence-electron chi connectivity index (χ1n) is 7.24. The molecule has 22 heavy (non-hydrogen) atoms. The summed E-state index contributed by atoms with van der Waals surface area (Å²) in [7, 11) is 5.59. The topological polar surface area (TPSA) is 46.5 Å². The molecule has 1 aromatic carbocycles. The van der Waals surface area contributed by atoms with Crippen LogP contribution >= 0.6 is 0 Å². The highest BCUT2D eigenvalue weighted by molar-refractivity contribution is 5.88. The van der Waals surface area contributed by atoms with Gasteiger partial charge in [0.25, 0.3) is 6.23 Å². The van der Waals surface area contributed by atoms with Gasteiger partial charge < -0.3 is 9.84 Å². The van der Waals surface area contributed by atoms with Gasteiger partial charge in [0.1, 0.15) is 6.10 Å². The first-order chi connectivity index (χ1) is 10.1. The van der Waals surface area contributed by atoms with E-state index in [2.05, 4.69) is 13.2 Å². The minimum atomic E-state index is -0.763. The number of ether oxygens (including phenoxy) is 1. The Kier molecular flexibility index (Phi) is 6.09. The van der Waals surface area contributed by atoms with Crippen LogP contribution in [0.1, 0.15) is 18.1 Å². The van der Waals surface area contributed by atoms with Crippen LogP contribution in [0.5, 0.6) is 0 Å². The molecule has 2 atom stereocenters. The number of benzene rings is 1. The maximum Gasteiger partial charge on any atom is 0.338 e. The predicted octanol–water partition coefficient (Wildman–Crippen LogP) is 2.38. The van der Waals surface area contributed by atoms with Gasteiger partial charge in [0.15, 0.2) is 0 Å². The molecule has 0 fully saturated rings. The molecular formula is C18H26NO3+. The van der Waals surface area contributed by atoms with Gasteiger partial charge in [0.05, 0.1) is 21.1 Å². The average Bonchev–Trinajstić information content (AvgIpc) is 2.42. The van der Waals surface area contributed by atoms with Crippen molar-refractivity contribution in [3.05, 3.63) is 54.1 Å². The zero-order chi connectivity index (χ0) is 16.9. The van der Waals surface area contributed by atoms with E-state index in [1.165, 1.54) is 0 Å². The van der Waals surface area contributed by atoms with Crippen LogP contribution in [0, 0.1) is 0 Å². The number of hydrogen-bond donors (Lipinski definition) is 1. The third kappa shape index (κ3) is 5.13. The first kappa shape index (κ1) is 18.1. The van der Waals surface area contributed by atoms with Gasteiger partial charge in [-0.2, -0.15) is 0 Å². The number of likely N-dealkylation sites (N-methyl/N-ethyl adjacent to an activating group) is 1. The van der Waals surface area contributed by atoms with E-state index >= 15 is 0 Å². The summed E-state index contributed by atoms with van der Waals surface area (Å²) in [5, 5.41) is 9.80. The molecule has 4 heteroatoms. The highest BCUT2D eigenvalue weighted by atomic mass is 16.6. The molecule has 0 heterocycles. The van der Waals surface area contributed by atoms with Crippen LogP contribution < -0.4 is 0 Å². The molecule has 0 amide bonds. The van der Waals surface area contributed by atoms with Gasteiger partial charge in [0.2, 0.25) is 0 Å². The van der Waals surface area contributed by atoms with Crippen molar-refractivity contribution in [3.63, 3.8) is 0 Å². The van der Waals surface area contributed by atoms with Gasteiger partial charge in [-0.3, -0.25) is 4.48 Å². The fourth-order valence-electron chi connectivity index (χ4n) is 2.25. The molecule has 0 aliphatic rings. The lowest BCUT2D eigenvalue weighted by molar-refractivity contribution is -0.920. The molecule has 0 saturated heterocycles. The van der Waals surface area contributed by atoms with Crippen molar-refractivity contribution in [3.8, 4) is 0 Å². The van der Waals surface area contributed by atoms with Crippen LogP contribution in [-0.4, -0.2) is 49.0 Å². The van der Waals surface area contributed by atoms with Crippen LogP contribution in [0.15, 0.2) is 43.0 Å². The molecule has 4 nitrogen and oxygen atoms in total. The number of quaternary nitrogens is 1. The first-order valence-corrected chi connectivity index (χ1v) is 7.24. The van der Waals surface area contributed by atoms with Crippen LogP contribution in [-0.2, 0) is 16.0 Å². The van der Waals surface area contributed by atoms with E-state index in [9.17, 15) is 9.90 Å². The van der Waals surface area contributed by atoms with E-state index in [1.807, 2.05) is 45.4 Å². The fourth-order valence-corrected chi connectivity index (χ4v) is 2.25. The molecule has 0 aliphatic carbocycles. The molecule has 0 aromatic heterocycles. The lowest BCUT2D eigenvalue weighted by Crippen LogP contribution is -2.53. The summed E-state index contributed by atoms with van der Waals surface area (Å²) < 4.78 is 5.75. The minimum absolute atomic E-state index is 0.322. The Hall–Kier alpha value is -1.91. The zero-order valence-electron chi connectivity index (χ0n) is 13.9. The molecular weight excluding hydrogens is 278 g/mol. The van der Waals surface area contributed by atoms with E-state index in [0.29, 0.717) is 16.5 Å². The summed E-state index contributed by atoms with van der Waals surface area (Å²) in [6, 6.07) is 7.74. The third-order valence-corrected chi connectivity index (χ3v) is 3.30. The van der Waals surface area contributed by atoms with E-state index in [-0.39, 0.29) is 0 Å². The van der Waals surface area contributed by atoms with E-state index in [1.54, 1.807) is 13.0 Å². The lowest BCUT2D eigenvalue weighted by Gasteiger charge is -2.34. The Morgan fingerprint density at radius 3 is 2.55 bits per heavy atom. The largest absolute Gasteiger partial charge is 0.406 e. The molecule has 0 radical (unpaired) electrons. The van der Waals surface area contributed by atoms with E-state index < -0.39 is 18.3 Å². The average molecular weight is 304 g/mol. The lowest BCUT2D eigenvalue weighted by atomic mass is 10.0. The standard InChI is InChI=1S/C18H26NO3/c1-7-15-9-8-10-16(12-15)11-13(2)18(21)22-17(14(3)20)19(4,5)6/h7-10,12,14,17,20H,1-2,11H2,3-6H3/q+1. The summed E-state index contributed by atoms with van der Waals surface area (Å²) in [5.74, 6) is -0.483. The molecule has 1 N–H and O–H groups in total. The summed E-state index contributed by atoms with van der Waals surface area (Å²) in [6.45, 7) is 9.15. The van der Waals surface area contributed by atoms with Gasteiger partial charge in [-0.05, 0) is 18.1 Å². The predicted molar refractivity (Wildman–Crippen MR) is 89.0 cm³/mol. The van der Waals surface area contributed by atoms with Crippen molar-refractivity contribution in [2.45, 2.75) is 25.7 Å². The maximum absolute atomic E-state index is 12.2. The summed E-state index contributed by atoms with van der Waals surface area (Å²) >= 11 is 0. The molecule has 1 rings (SSSR count). The fraction of sp³-hybridized carbons (Fsp3) is 0.389. The third-order valence-electron chi connectivity index (χ3n) is 3.30. The van der Waals surface area contributed by atoms with Crippen molar-refractivity contribution in [2.24, 2.45) is 0 Å². The van der Waals surface area contributed by atoms with Crippen LogP contribution in [0.3, 0.4) is 0 Å². The van der Waals surface area contributed by atoms with Crippen molar-refractivity contribution in [1.82, 2.24) is 0 Å². The second kappa shape index (κ2) is 7.38. The summed E-state index contributed by atoms with van der Waals surface area (Å²) in [4.78, 5) is 12.2. The number of hydrogen-bond acceptors (Lipinski definition) is 3. The zero-order valence-corrected chi connectivity index (χ0v) is 13.9. The highest BCUT2D eigenvalue weighted by Crippen LogP contribution is 2.15. The SMILES string of the molecule is C=Cc1cccc(CC(=C)C(=O)OC(C(C)O)[N+](C)(C)C)c1. The van der Waals surface area contributed by atoms with E-state index in [4.69, 9.17) is 4.74 Å². The van der Waals surface area contributed by atoms with Gasteiger partial charge >= 0.3 is 5.97 Å². The normalized spacial score (nSPS) is 14.0. The van der Waals surface area contributed by atoms with Gasteiger partial charge in [-0.15, -0.1) is 0 Å². The van der Waals surface area contributed by atoms with Crippen LogP contribution in [0.4, 0.5) is 0 Å². The molecule has 1 aromatic rings. The molecule has 0 bridgehead atoms. The highest BCUT2D eigenvalue weighted by Gasteiger charge is 2.33. The number of rotatable bonds is 7.